The lowest BCUT2D eigenvalue weighted by atomic mass is 9.70. The number of ether oxygens (including phenoxy) is 1. The number of anilines is 2. The molecule has 1 aromatic heterocycles. The summed E-state index contributed by atoms with van der Waals surface area (Å²) >= 11 is 0. The van der Waals surface area contributed by atoms with E-state index in [0.29, 0.717) is 17.6 Å². The quantitative estimate of drug-likeness (QED) is 0.430. The summed E-state index contributed by atoms with van der Waals surface area (Å²) in [6.45, 7) is 10.1. The van der Waals surface area contributed by atoms with E-state index in [-0.39, 0.29) is 11.2 Å². The monoisotopic (exact) mass is 480 g/mol. The molecule has 6 heteroatoms. The Kier molecular flexibility index (Phi) is 4.80. The van der Waals surface area contributed by atoms with Crippen molar-refractivity contribution in [2.75, 3.05) is 50.0 Å². The molecule has 2 aliphatic heterocycles. The van der Waals surface area contributed by atoms with Gasteiger partial charge in [0.2, 0.25) is 0 Å². The molecule has 6 nitrogen and oxygen atoms in total. The molecule has 4 aliphatic rings. The highest BCUT2D eigenvalue weighted by Gasteiger charge is 2.41. The number of piperazine rings is 1. The van der Waals surface area contributed by atoms with Crippen molar-refractivity contribution in [3.63, 3.8) is 0 Å². The zero-order valence-electron chi connectivity index (χ0n) is 21.0. The second kappa shape index (κ2) is 7.86. The summed E-state index contributed by atoms with van der Waals surface area (Å²) in [5.41, 5.74) is 13.0. The van der Waals surface area contributed by atoms with Crippen LogP contribution in [0.2, 0.25) is 0 Å². The largest absolute Gasteiger partial charge is 0.399 e. The average Bonchev–Trinajstić information content (AvgIpc) is 3.58. The van der Waals surface area contributed by atoms with E-state index in [1.54, 1.807) is 0 Å². The van der Waals surface area contributed by atoms with Crippen LogP contribution in [0.15, 0.2) is 30.3 Å². The highest BCUT2D eigenvalue weighted by atomic mass is 16.5. The molecule has 0 amide bonds. The molecule has 3 N–H and O–H groups in total. The SMILES string of the molecule is CC1(C)c2cc(N3CCN(C4COC4)CC3)c(C#CC3CC3)cc2C(=O)c2c1[nH]c1cc(N)ccc21. The molecule has 3 fully saturated rings. The number of ketones is 1. The lowest BCUT2D eigenvalue weighted by Gasteiger charge is -2.43. The molecule has 0 bridgehead atoms. The van der Waals surface area contributed by atoms with E-state index in [1.807, 2.05) is 18.2 Å². The fourth-order valence-electron chi connectivity index (χ4n) is 6.01. The highest BCUT2D eigenvalue weighted by molar-refractivity contribution is 6.20. The van der Waals surface area contributed by atoms with Crippen LogP contribution in [0.3, 0.4) is 0 Å². The third kappa shape index (κ3) is 3.37. The Morgan fingerprint density at radius 3 is 2.56 bits per heavy atom. The zero-order chi connectivity index (χ0) is 24.6. The summed E-state index contributed by atoms with van der Waals surface area (Å²) in [5.74, 6) is 7.52. The molecule has 3 heterocycles. The van der Waals surface area contributed by atoms with Gasteiger partial charge in [0, 0.05) is 70.9 Å². The number of hydrogen-bond donors (Lipinski definition) is 2. The van der Waals surface area contributed by atoms with Gasteiger partial charge in [-0.05, 0) is 42.7 Å². The maximum absolute atomic E-state index is 14.0. The van der Waals surface area contributed by atoms with E-state index in [0.717, 1.165) is 83.9 Å². The number of hydrogen-bond acceptors (Lipinski definition) is 5. The molecular weight excluding hydrogens is 448 g/mol. The standard InChI is InChI=1S/C30H32N4O2/c1-30(2)24-15-26(34-11-9-33(10-12-34)21-16-36-17-21)19(6-5-18-3-4-18)13-23(24)28(35)27-22-8-7-20(31)14-25(22)32-29(27)30/h7-8,13-15,18,21,32H,3-4,9-12,16-17,31H2,1-2H3. The van der Waals surface area contributed by atoms with Crippen LogP contribution in [0.4, 0.5) is 11.4 Å². The number of nitrogens with zero attached hydrogens (tertiary/aromatic N) is 2. The van der Waals surface area contributed by atoms with E-state index >= 15 is 0 Å². The number of H-pyrrole nitrogens is 1. The van der Waals surface area contributed by atoms with Gasteiger partial charge in [-0.1, -0.05) is 31.8 Å². The summed E-state index contributed by atoms with van der Waals surface area (Å²) in [5, 5.41) is 0.939. The maximum Gasteiger partial charge on any atom is 0.195 e. The fourth-order valence-corrected chi connectivity index (χ4v) is 6.01. The van der Waals surface area contributed by atoms with Crippen molar-refractivity contribution in [2.24, 2.45) is 5.92 Å². The van der Waals surface area contributed by atoms with Crippen LogP contribution in [0.5, 0.6) is 0 Å². The van der Waals surface area contributed by atoms with Crippen LogP contribution in [0, 0.1) is 17.8 Å². The Balaban J connectivity index is 1.33. The molecule has 3 aromatic rings. The molecule has 0 spiro atoms. The fraction of sp³-hybridized carbons (Fsp3) is 0.433. The van der Waals surface area contributed by atoms with Crippen molar-refractivity contribution < 1.29 is 9.53 Å². The molecule has 0 atom stereocenters. The highest BCUT2D eigenvalue weighted by Crippen LogP contribution is 2.46. The summed E-state index contributed by atoms with van der Waals surface area (Å²) in [6, 6.07) is 10.7. The lowest BCUT2D eigenvalue weighted by molar-refractivity contribution is -0.0660. The minimum absolute atomic E-state index is 0.0752. The van der Waals surface area contributed by atoms with Crippen LogP contribution in [-0.4, -0.2) is 61.1 Å². The van der Waals surface area contributed by atoms with Gasteiger partial charge in [-0.15, -0.1) is 0 Å². The van der Waals surface area contributed by atoms with Gasteiger partial charge in [0.15, 0.2) is 5.78 Å². The molecule has 0 radical (unpaired) electrons. The summed E-state index contributed by atoms with van der Waals surface area (Å²) in [7, 11) is 0. The van der Waals surface area contributed by atoms with Gasteiger partial charge >= 0.3 is 0 Å². The first-order valence-electron chi connectivity index (χ1n) is 13.1. The second-order valence-corrected chi connectivity index (χ2v) is 11.3. The summed E-state index contributed by atoms with van der Waals surface area (Å²) in [6.07, 6.45) is 2.37. The number of aromatic nitrogens is 1. The van der Waals surface area contributed by atoms with Crippen LogP contribution in [0.25, 0.3) is 10.9 Å². The normalized spacial score (nSPS) is 21.5. The number of carbonyl (C=O) groups excluding carboxylic acids is 1. The van der Waals surface area contributed by atoms with E-state index in [2.05, 4.69) is 52.6 Å². The van der Waals surface area contributed by atoms with Crippen molar-refractivity contribution >= 4 is 28.1 Å². The van der Waals surface area contributed by atoms with E-state index in [1.165, 1.54) is 12.8 Å². The van der Waals surface area contributed by atoms with Crippen LogP contribution in [-0.2, 0) is 10.2 Å². The van der Waals surface area contributed by atoms with Crippen molar-refractivity contribution in [3.05, 3.63) is 58.3 Å². The Bertz CT molecular complexity index is 1460. The Morgan fingerprint density at radius 1 is 1.08 bits per heavy atom. The molecule has 184 valence electrons. The smallest absolute Gasteiger partial charge is 0.195 e. The third-order valence-electron chi connectivity index (χ3n) is 8.51. The van der Waals surface area contributed by atoms with Crippen LogP contribution >= 0.6 is 0 Å². The first-order valence-corrected chi connectivity index (χ1v) is 13.1. The number of nitrogens with one attached hydrogen (secondary N) is 1. The van der Waals surface area contributed by atoms with Gasteiger partial charge in [0.1, 0.15) is 0 Å². The number of rotatable bonds is 2. The third-order valence-corrected chi connectivity index (χ3v) is 8.51. The summed E-state index contributed by atoms with van der Waals surface area (Å²) in [4.78, 5) is 22.5. The number of aromatic amines is 1. The first-order chi connectivity index (χ1) is 17.4. The van der Waals surface area contributed by atoms with Crippen molar-refractivity contribution in [1.29, 1.82) is 0 Å². The average molecular weight is 481 g/mol. The Morgan fingerprint density at radius 2 is 1.86 bits per heavy atom. The van der Waals surface area contributed by atoms with Gasteiger partial charge in [-0.2, -0.15) is 0 Å². The Hall–Kier alpha value is -3.27. The van der Waals surface area contributed by atoms with Gasteiger partial charge in [0.25, 0.3) is 0 Å². The second-order valence-electron chi connectivity index (χ2n) is 11.3. The van der Waals surface area contributed by atoms with Crippen LogP contribution in [0.1, 0.15) is 59.4 Å². The molecule has 2 aliphatic carbocycles. The van der Waals surface area contributed by atoms with Crippen molar-refractivity contribution in [3.8, 4) is 11.8 Å². The Labute approximate surface area is 211 Å². The van der Waals surface area contributed by atoms with Gasteiger partial charge < -0.3 is 20.4 Å². The first kappa shape index (κ1) is 22.0. The van der Waals surface area contributed by atoms with Crippen LogP contribution < -0.4 is 10.6 Å². The van der Waals surface area contributed by atoms with Crippen molar-refractivity contribution in [1.82, 2.24) is 9.88 Å². The number of fused-ring (bicyclic) bond motifs is 4. The van der Waals surface area contributed by atoms with E-state index in [9.17, 15) is 4.79 Å². The molecule has 7 rings (SSSR count). The minimum Gasteiger partial charge on any atom is -0.399 e. The number of carbonyl (C=O) groups is 1. The van der Waals surface area contributed by atoms with Gasteiger partial charge in [-0.25, -0.2) is 0 Å². The lowest BCUT2D eigenvalue weighted by Crippen LogP contribution is -2.56. The molecule has 36 heavy (non-hydrogen) atoms. The molecular formula is C30H32N4O2. The molecule has 1 saturated carbocycles. The zero-order valence-corrected chi connectivity index (χ0v) is 21.0. The molecule has 0 unspecified atom stereocenters. The molecule has 2 aromatic carbocycles. The van der Waals surface area contributed by atoms with E-state index < -0.39 is 0 Å². The predicted molar refractivity (Wildman–Crippen MR) is 143 cm³/mol. The van der Waals surface area contributed by atoms with Crippen molar-refractivity contribution in [2.45, 2.75) is 38.1 Å². The number of benzene rings is 2. The predicted octanol–water partition coefficient (Wildman–Crippen LogP) is 3.90. The van der Waals surface area contributed by atoms with E-state index in [4.69, 9.17) is 10.5 Å². The topological polar surface area (TPSA) is 74.6 Å². The number of nitrogen functional groups attached to an aromatic ring is 1. The summed E-state index contributed by atoms with van der Waals surface area (Å²) < 4.78 is 5.42. The number of nitrogens with two attached hydrogens (primary N) is 1. The van der Waals surface area contributed by atoms with Gasteiger partial charge in [0.05, 0.1) is 30.5 Å². The minimum atomic E-state index is -0.353. The van der Waals surface area contributed by atoms with Gasteiger partial charge in [-0.3, -0.25) is 9.69 Å². The maximum atomic E-state index is 14.0. The molecule has 2 saturated heterocycles.